The summed E-state index contributed by atoms with van der Waals surface area (Å²) in [4.78, 5) is 0. The molecule has 0 fully saturated rings. The average molecular weight is 200 g/mol. The number of halogens is 2. The first kappa shape index (κ1) is 11.1. The molecule has 0 saturated carbocycles. The Morgan fingerprint density at radius 1 is 1.14 bits per heavy atom. The molecule has 1 aromatic carbocycles. The van der Waals surface area contributed by atoms with Crippen LogP contribution in [-0.2, 0) is 5.60 Å². The third-order valence-electron chi connectivity index (χ3n) is 2.57. The normalized spacial score (nSPS) is 15.6. The maximum Gasteiger partial charge on any atom is 0.126 e. The smallest absolute Gasteiger partial charge is 0.126 e. The predicted molar refractivity (Wildman–Crippen MR) is 50.8 cm³/mol. The molecule has 0 spiro atoms. The van der Waals surface area contributed by atoms with Gasteiger partial charge in [0, 0.05) is 6.07 Å². The molecule has 0 heterocycles. The second-order valence-electron chi connectivity index (χ2n) is 3.96. The van der Waals surface area contributed by atoms with E-state index in [4.69, 9.17) is 0 Å². The summed E-state index contributed by atoms with van der Waals surface area (Å²) in [5.74, 6) is -1.44. The van der Waals surface area contributed by atoms with Gasteiger partial charge in [0.2, 0.25) is 0 Å². The summed E-state index contributed by atoms with van der Waals surface area (Å²) in [7, 11) is 0. The lowest BCUT2D eigenvalue weighted by molar-refractivity contribution is 0.00849. The summed E-state index contributed by atoms with van der Waals surface area (Å²) in [6, 6.07) is 3.10. The molecule has 1 aromatic rings. The Balaban J connectivity index is 3.18. The van der Waals surface area contributed by atoms with Crippen molar-refractivity contribution in [3.8, 4) is 0 Å². The molecule has 78 valence electrons. The topological polar surface area (TPSA) is 20.2 Å². The molecule has 0 aromatic heterocycles. The van der Waals surface area contributed by atoms with Crippen LogP contribution in [0.4, 0.5) is 8.78 Å². The van der Waals surface area contributed by atoms with Crippen molar-refractivity contribution in [1.82, 2.24) is 0 Å². The summed E-state index contributed by atoms with van der Waals surface area (Å²) in [5.41, 5.74) is -0.937. The van der Waals surface area contributed by atoms with Crippen molar-refractivity contribution in [2.75, 3.05) is 0 Å². The fourth-order valence-electron chi connectivity index (χ4n) is 1.18. The van der Waals surface area contributed by atoms with Crippen molar-refractivity contribution in [2.45, 2.75) is 26.4 Å². The Hall–Kier alpha value is -0.960. The van der Waals surface area contributed by atoms with Crippen molar-refractivity contribution in [2.24, 2.45) is 5.92 Å². The minimum Gasteiger partial charge on any atom is -0.385 e. The highest BCUT2D eigenvalue weighted by atomic mass is 19.1. The Morgan fingerprint density at radius 3 is 1.93 bits per heavy atom. The van der Waals surface area contributed by atoms with E-state index in [9.17, 15) is 13.9 Å². The summed E-state index contributed by atoms with van der Waals surface area (Å²) in [6.45, 7) is 5.14. The lowest BCUT2D eigenvalue weighted by atomic mass is 9.85. The molecular formula is C11H14F2O. The molecule has 0 aliphatic heterocycles. The number of hydrogen-bond donors (Lipinski definition) is 1. The van der Waals surface area contributed by atoms with Gasteiger partial charge in [-0.3, -0.25) is 0 Å². The summed E-state index contributed by atoms with van der Waals surface area (Å²) in [6.07, 6.45) is 0. The van der Waals surface area contributed by atoms with Gasteiger partial charge < -0.3 is 5.11 Å². The molecule has 0 bridgehead atoms. The maximum absolute atomic E-state index is 12.9. The maximum atomic E-state index is 12.9. The highest BCUT2D eigenvalue weighted by molar-refractivity contribution is 5.24. The molecule has 1 nitrogen and oxygen atoms in total. The number of benzene rings is 1. The largest absolute Gasteiger partial charge is 0.385 e. The van der Waals surface area contributed by atoms with Crippen LogP contribution in [0.25, 0.3) is 0 Å². The molecule has 1 N–H and O–H groups in total. The van der Waals surface area contributed by atoms with E-state index in [1.807, 2.05) is 0 Å². The Labute approximate surface area is 82.4 Å². The number of hydrogen-bond acceptors (Lipinski definition) is 1. The SMILES string of the molecule is CC(C)C(C)(O)c1cc(F)cc(F)c1. The zero-order chi connectivity index (χ0) is 10.9. The minimum absolute atomic E-state index is 0.108. The van der Waals surface area contributed by atoms with Crippen LogP contribution >= 0.6 is 0 Å². The Morgan fingerprint density at radius 2 is 1.57 bits per heavy atom. The van der Waals surface area contributed by atoms with Gasteiger partial charge >= 0.3 is 0 Å². The highest BCUT2D eigenvalue weighted by Gasteiger charge is 2.28. The zero-order valence-electron chi connectivity index (χ0n) is 8.51. The first-order chi connectivity index (χ1) is 6.34. The molecule has 1 atom stereocenters. The molecule has 0 aliphatic carbocycles. The van der Waals surface area contributed by atoms with E-state index in [0.717, 1.165) is 18.2 Å². The van der Waals surface area contributed by atoms with Gasteiger partial charge in [0.05, 0.1) is 5.60 Å². The van der Waals surface area contributed by atoms with Gasteiger partial charge in [-0.1, -0.05) is 13.8 Å². The molecule has 0 saturated heterocycles. The van der Waals surface area contributed by atoms with Gasteiger partial charge in [0.25, 0.3) is 0 Å². The van der Waals surface area contributed by atoms with Gasteiger partial charge in [-0.2, -0.15) is 0 Å². The van der Waals surface area contributed by atoms with E-state index in [1.54, 1.807) is 20.8 Å². The van der Waals surface area contributed by atoms with Crippen LogP contribution in [0.5, 0.6) is 0 Å². The molecular weight excluding hydrogens is 186 g/mol. The first-order valence-electron chi connectivity index (χ1n) is 4.53. The summed E-state index contributed by atoms with van der Waals surface area (Å²) < 4.78 is 25.7. The molecule has 1 unspecified atom stereocenters. The second kappa shape index (κ2) is 3.65. The van der Waals surface area contributed by atoms with E-state index in [0.29, 0.717) is 0 Å². The quantitative estimate of drug-likeness (QED) is 0.778. The van der Waals surface area contributed by atoms with E-state index in [-0.39, 0.29) is 11.5 Å². The Bertz CT molecular complexity index is 312. The first-order valence-corrected chi connectivity index (χ1v) is 4.53. The van der Waals surface area contributed by atoms with E-state index in [2.05, 4.69) is 0 Å². The van der Waals surface area contributed by atoms with E-state index < -0.39 is 17.2 Å². The minimum atomic E-state index is -1.21. The lowest BCUT2D eigenvalue weighted by Gasteiger charge is -2.28. The van der Waals surface area contributed by atoms with E-state index in [1.165, 1.54) is 0 Å². The van der Waals surface area contributed by atoms with Crippen molar-refractivity contribution >= 4 is 0 Å². The second-order valence-corrected chi connectivity index (χ2v) is 3.96. The Kier molecular flexibility index (Phi) is 2.90. The summed E-state index contributed by atoms with van der Waals surface area (Å²) in [5, 5.41) is 9.98. The van der Waals surface area contributed by atoms with Gasteiger partial charge in [0.15, 0.2) is 0 Å². The third-order valence-corrected chi connectivity index (χ3v) is 2.57. The fraction of sp³-hybridized carbons (Fsp3) is 0.455. The molecule has 0 radical (unpaired) electrons. The molecule has 0 aliphatic rings. The van der Waals surface area contributed by atoms with Crippen molar-refractivity contribution in [3.63, 3.8) is 0 Å². The molecule has 0 amide bonds. The molecule has 14 heavy (non-hydrogen) atoms. The monoisotopic (exact) mass is 200 g/mol. The summed E-state index contributed by atoms with van der Waals surface area (Å²) >= 11 is 0. The van der Waals surface area contributed by atoms with Crippen LogP contribution in [0, 0.1) is 17.6 Å². The average Bonchev–Trinajstić information content (AvgIpc) is 2.01. The van der Waals surface area contributed by atoms with E-state index >= 15 is 0 Å². The number of rotatable bonds is 2. The van der Waals surface area contributed by atoms with Gasteiger partial charge in [-0.05, 0) is 30.5 Å². The van der Waals surface area contributed by atoms with Gasteiger partial charge in [-0.15, -0.1) is 0 Å². The highest BCUT2D eigenvalue weighted by Crippen LogP contribution is 2.29. The third kappa shape index (κ3) is 2.10. The molecule has 3 heteroatoms. The van der Waals surface area contributed by atoms with Crippen molar-refractivity contribution in [3.05, 3.63) is 35.4 Å². The van der Waals surface area contributed by atoms with Crippen LogP contribution < -0.4 is 0 Å². The zero-order valence-corrected chi connectivity index (χ0v) is 8.51. The molecule has 1 rings (SSSR count). The van der Waals surface area contributed by atoms with Gasteiger partial charge in [-0.25, -0.2) is 8.78 Å². The van der Waals surface area contributed by atoms with Crippen LogP contribution in [0.15, 0.2) is 18.2 Å². The lowest BCUT2D eigenvalue weighted by Crippen LogP contribution is -2.28. The van der Waals surface area contributed by atoms with Crippen LogP contribution in [0.3, 0.4) is 0 Å². The standard InChI is InChI=1S/C11H14F2O/c1-7(2)11(3,14)8-4-9(12)6-10(13)5-8/h4-7,14H,1-3H3. The fourth-order valence-corrected chi connectivity index (χ4v) is 1.18. The van der Waals surface area contributed by atoms with Crippen LogP contribution in [-0.4, -0.2) is 5.11 Å². The van der Waals surface area contributed by atoms with Crippen LogP contribution in [0.1, 0.15) is 26.3 Å². The number of aliphatic hydroxyl groups is 1. The van der Waals surface area contributed by atoms with Gasteiger partial charge in [0.1, 0.15) is 11.6 Å². The van der Waals surface area contributed by atoms with Crippen molar-refractivity contribution < 1.29 is 13.9 Å². The van der Waals surface area contributed by atoms with Crippen molar-refractivity contribution in [1.29, 1.82) is 0 Å². The van der Waals surface area contributed by atoms with Crippen LogP contribution in [0.2, 0.25) is 0 Å². The predicted octanol–water partition coefficient (Wildman–Crippen LogP) is 2.83.